The molecule has 33 heavy (non-hydrogen) atoms. The lowest BCUT2D eigenvalue weighted by Gasteiger charge is -2.26. The van der Waals surface area contributed by atoms with E-state index >= 15 is 0 Å². The van der Waals surface area contributed by atoms with E-state index in [1.807, 2.05) is 56.3 Å². The fraction of sp³-hybridized carbons (Fsp3) is 0.296. The van der Waals surface area contributed by atoms with E-state index in [0.717, 1.165) is 16.7 Å². The van der Waals surface area contributed by atoms with Gasteiger partial charge in [-0.05, 0) is 54.7 Å². The van der Waals surface area contributed by atoms with Crippen LogP contribution >= 0.6 is 0 Å². The number of anilines is 1. The molecule has 3 aromatic carbocycles. The molecule has 0 saturated heterocycles. The number of hydrogen-bond donors (Lipinski definition) is 1. The summed E-state index contributed by atoms with van der Waals surface area (Å²) in [6.07, 6.45) is 0.698. The molecule has 0 bridgehead atoms. The molecule has 0 aliphatic heterocycles. The minimum atomic E-state index is -3.93. The highest BCUT2D eigenvalue weighted by Gasteiger charge is 2.28. The minimum absolute atomic E-state index is 0.156. The molecule has 0 radical (unpaired) electrons. The third kappa shape index (κ3) is 6.02. The van der Waals surface area contributed by atoms with Crippen molar-refractivity contribution in [3.05, 3.63) is 95.6 Å². The van der Waals surface area contributed by atoms with Gasteiger partial charge in [0.1, 0.15) is 6.54 Å². The van der Waals surface area contributed by atoms with Gasteiger partial charge in [-0.3, -0.25) is 9.10 Å². The summed E-state index contributed by atoms with van der Waals surface area (Å²) in [6.45, 7) is 7.75. The molecule has 5 nitrogen and oxygen atoms in total. The second kappa shape index (κ2) is 10.7. The van der Waals surface area contributed by atoms with Gasteiger partial charge in [0.05, 0.1) is 16.6 Å². The molecule has 3 aromatic rings. The van der Waals surface area contributed by atoms with E-state index in [4.69, 9.17) is 0 Å². The SMILES string of the molecule is CC[C@H](NC(=O)CN(c1ccc(C(C)C)cc1)S(=O)(=O)c1ccc(C)cc1)c1ccccc1. The molecule has 3 rings (SSSR count). The molecular weight excluding hydrogens is 432 g/mol. The quantitative estimate of drug-likeness (QED) is 0.449. The molecule has 0 heterocycles. The number of carbonyl (C=O) groups is 1. The molecule has 0 aliphatic rings. The maximum absolute atomic E-state index is 13.6. The molecule has 0 unspecified atom stereocenters. The highest BCUT2D eigenvalue weighted by molar-refractivity contribution is 7.92. The Kier molecular flexibility index (Phi) is 7.92. The van der Waals surface area contributed by atoms with E-state index in [9.17, 15) is 13.2 Å². The smallest absolute Gasteiger partial charge is 0.264 e. The van der Waals surface area contributed by atoms with Crippen LogP contribution in [0.1, 0.15) is 55.8 Å². The summed E-state index contributed by atoms with van der Waals surface area (Å²) in [6, 6.07) is 23.5. The standard InChI is InChI=1S/C27H32N2O3S/c1-5-26(23-9-7-6-8-10-23)28-27(30)19-29(24-15-13-22(14-16-24)20(2)3)33(31,32)25-17-11-21(4)12-18-25/h6-18,20,26H,5,19H2,1-4H3,(H,28,30)/t26-/m0/s1. The van der Waals surface area contributed by atoms with Gasteiger partial charge < -0.3 is 5.32 Å². The van der Waals surface area contributed by atoms with Crippen LogP contribution in [0.5, 0.6) is 0 Å². The van der Waals surface area contributed by atoms with Gasteiger partial charge in [-0.2, -0.15) is 0 Å². The monoisotopic (exact) mass is 464 g/mol. The van der Waals surface area contributed by atoms with Crippen molar-refractivity contribution in [3.8, 4) is 0 Å². The molecule has 0 saturated carbocycles. The first-order valence-electron chi connectivity index (χ1n) is 11.3. The minimum Gasteiger partial charge on any atom is -0.348 e. The van der Waals surface area contributed by atoms with Gasteiger partial charge in [0.15, 0.2) is 0 Å². The van der Waals surface area contributed by atoms with Gasteiger partial charge in [0.2, 0.25) is 5.91 Å². The highest BCUT2D eigenvalue weighted by atomic mass is 32.2. The summed E-state index contributed by atoms with van der Waals surface area (Å²) in [7, 11) is -3.93. The van der Waals surface area contributed by atoms with E-state index in [0.29, 0.717) is 18.0 Å². The van der Waals surface area contributed by atoms with Crippen molar-refractivity contribution in [3.63, 3.8) is 0 Å². The zero-order valence-electron chi connectivity index (χ0n) is 19.7. The molecule has 0 spiro atoms. The average Bonchev–Trinajstić information content (AvgIpc) is 2.82. The molecule has 1 amide bonds. The number of sulfonamides is 1. The number of hydrogen-bond acceptors (Lipinski definition) is 3. The van der Waals surface area contributed by atoms with Gasteiger partial charge >= 0.3 is 0 Å². The number of aryl methyl sites for hydroxylation is 1. The number of amides is 1. The van der Waals surface area contributed by atoms with Crippen LogP contribution in [0.2, 0.25) is 0 Å². The first-order valence-corrected chi connectivity index (χ1v) is 12.7. The molecule has 6 heteroatoms. The molecule has 1 N–H and O–H groups in total. The number of benzene rings is 3. The van der Waals surface area contributed by atoms with E-state index in [1.54, 1.807) is 36.4 Å². The predicted molar refractivity (Wildman–Crippen MR) is 134 cm³/mol. The number of rotatable bonds is 9. The fourth-order valence-electron chi connectivity index (χ4n) is 3.65. The number of nitrogens with zero attached hydrogens (tertiary/aromatic N) is 1. The van der Waals surface area contributed by atoms with E-state index < -0.39 is 10.0 Å². The van der Waals surface area contributed by atoms with Crippen molar-refractivity contribution in [2.75, 3.05) is 10.8 Å². The Bertz CT molecular complexity index is 1160. The lowest BCUT2D eigenvalue weighted by atomic mass is 10.0. The molecule has 0 aliphatic carbocycles. The second-order valence-corrected chi connectivity index (χ2v) is 10.4. The van der Waals surface area contributed by atoms with Crippen molar-refractivity contribution in [1.29, 1.82) is 0 Å². The largest absolute Gasteiger partial charge is 0.348 e. The van der Waals surface area contributed by atoms with Crippen LogP contribution in [0.25, 0.3) is 0 Å². The van der Waals surface area contributed by atoms with Crippen LogP contribution in [0.3, 0.4) is 0 Å². The van der Waals surface area contributed by atoms with Crippen molar-refractivity contribution >= 4 is 21.6 Å². The zero-order chi connectivity index (χ0) is 24.0. The zero-order valence-corrected chi connectivity index (χ0v) is 20.5. The number of carbonyl (C=O) groups excluding carboxylic acids is 1. The normalized spacial score (nSPS) is 12.4. The lowest BCUT2D eigenvalue weighted by Crippen LogP contribution is -2.42. The van der Waals surface area contributed by atoms with Gasteiger partial charge in [-0.15, -0.1) is 0 Å². The van der Waals surface area contributed by atoms with E-state index in [2.05, 4.69) is 19.2 Å². The fourth-order valence-corrected chi connectivity index (χ4v) is 5.08. The van der Waals surface area contributed by atoms with Crippen LogP contribution in [-0.2, 0) is 14.8 Å². The molecule has 1 atom stereocenters. The van der Waals surface area contributed by atoms with Crippen LogP contribution in [0.15, 0.2) is 83.8 Å². The maximum Gasteiger partial charge on any atom is 0.264 e. The first-order chi connectivity index (χ1) is 15.7. The van der Waals surface area contributed by atoms with Crippen molar-refractivity contribution < 1.29 is 13.2 Å². The lowest BCUT2D eigenvalue weighted by molar-refractivity contribution is -0.120. The summed E-state index contributed by atoms with van der Waals surface area (Å²) in [5.41, 5.74) is 3.52. The van der Waals surface area contributed by atoms with Gasteiger partial charge in [0.25, 0.3) is 10.0 Å². The topological polar surface area (TPSA) is 66.5 Å². The van der Waals surface area contributed by atoms with Crippen LogP contribution < -0.4 is 9.62 Å². The van der Waals surface area contributed by atoms with Gasteiger partial charge in [-0.1, -0.05) is 80.9 Å². The van der Waals surface area contributed by atoms with Crippen LogP contribution in [-0.4, -0.2) is 20.9 Å². The maximum atomic E-state index is 13.6. The predicted octanol–water partition coefficient (Wildman–Crippen LogP) is 5.58. The van der Waals surface area contributed by atoms with Crippen molar-refractivity contribution in [1.82, 2.24) is 5.32 Å². The third-order valence-electron chi connectivity index (χ3n) is 5.69. The van der Waals surface area contributed by atoms with Crippen molar-refractivity contribution in [2.24, 2.45) is 0 Å². The van der Waals surface area contributed by atoms with Gasteiger partial charge in [-0.25, -0.2) is 8.42 Å². The van der Waals surface area contributed by atoms with E-state index in [-0.39, 0.29) is 23.4 Å². The van der Waals surface area contributed by atoms with E-state index in [1.165, 1.54) is 4.31 Å². The highest BCUT2D eigenvalue weighted by Crippen LogP contribution is 2.26. The van der Waals surface area contributed by atoms with Crippen LogP contribution in [0.4, 0.5) is 5.69 Å². The Morgan fingerprint density at radius 3 is 2.03 bits per heavy atom. The Balaban J connectivity index is 1.92. The number of nitrogens with one attached hydrogen (secondary N) is 1. The molecule has 174 valence electrons. The summed E-state index contributed by atoms with van der Waals surface area (Å²) in [5.74, 6) is -0.0324. The first kappa shape index (κ1) is 24.5. The molecular formula is C27H32N2O3S. The third-order valence-corrected chi connectivity index (χ3v) is 7.48. The summed E-state index contributed by atoms with van der Waals surface area (Å²) in [4.78, 5) is 13.2. The Labute approximate surface area is 197 Å². The summed E-state index contributed by atoms with van der Waals surface area (Å²) in [5, 5.41) is 3.00. The summed E-state index contributed by atoms with van der Waals surface area (Å²) >= 11 is 0. The average molecular weight is 465 g/mol. The Hall–Kier alpha value is -3.12. The second-order valence-electron chi connectivity index (χ2n) is 8.51. The molecule has 0 fully saturated rings. The summed E-state index contributed by atoms with van der Waals surface area (Å²) < 4.78 is 28.3. The van der Waals surface area contributed by atoms with Crippen LogP contribution in [0, 0.1) is 6.92 Å². The Morgan fingerprint density at radius 1 is 0.879 bits per heavy atom. The van der Waals surface area contributed by atoms with Crippen molar-refractivity contribution in [2.45, 2.75) is 51.0 Å². The molecule has 0 aromatic heterocycles. The van der Waals surface area contributed by atoms with Gasteiger partial charge in [0, 0.05) is 0 Å². The Morgan fingerprint density at radius 2 is 1.48 bits per heavy atom.